The summed E-state index contributed by atoms with van der Waals surface area (Å²) in [6.07, 6.45) is 2.78. The lowest BCUT2D eigenvalue weighted by Crippen LogP contribution is -2.44. The van der Waals surface area contributed by atoms with Crippen LogP contribution in [-0.4, -0.2) is 69.3 Å². The van der Waals surface area contributed by atoms with Crippen molar-refractivity contribution >= 4 is 23.4 Å². The number of hydrogen-bond donors (Lipinski definition) is 2. The normalized spacial score (nSPS) is 16.8. The summed E-state index contributed by atoms with van der Waals surface area (Å²) >= 11 is 6.29. The van der Waals surface area contributed by atoms with Crippen LogP contribution in [0.2, 0.25) is 5.02 Å². The first-order valence-electron chi connectivity index (χ1n) is 10.2. The first kappa shape index (κ1) is 22.2. The van der Waals surface area contributed by atoms with E-state index in [4.69, 9.17) is 16.3 Å². The maximum Gasteiger partial charge on any atom is 0.191 e. The predicted octanol–water partition coefficient (Wildman–Crippen LogP) is 2.62. The van der Waals surface area contributed by atoms with Crippen LogP contribution in [0.15, 0.2) is 47.6 Å². The lowest BCUT2D eigenvalue weighted by atomic mass is 10.2. The molecule has 1 unspecified atom stereocenters. The number of nitrogens with zero attached hydrogens (tertiary/aromatic N) is 4. The molecule has 2 heterocycles. The van der Waals surface area contributed by atoms with Crippen molar-refractivity contribution in [1.82, 2.24) is 20.5 Å². The Labute approximate surface area is 184 Å². The van der Waals surface area contributed by atoms with Crippen LogP contribution in [0.1, 0.15) is 12.0 Å². The minimum Gasteiger partial charge on any atom is -0.492 e. The van der Waals surface area contributed by atoms with Crippen molar-refractivity contribution in [2.75, 3.05) is 52.3 Å². The topological polar surface area (TPSA) is 65.0 Å². The summed E-state index contributed by atoms with van der Waals surface area (Å²) < 4.78 is 5.82. The Morgan fingerprint density at radius 1 is 1.33 bits per heavy atom. The van der Waals surface area contributed by atoms with Gasteiger partial charge in [-0.1, -0.05) is 23.7 Å². The highest BCUT2D eigenvalue weighted by atomic mass is 35.5. The fourth-order valence-electron chi connectivity index (χ4n) is 3.35. The average Bonchev–Trinajstić information content (AvgIpc) is 3.20. The zero-order valence-electron chi connectivity index (χ0n) is 17.9. The summed E-state index contributed by atoms with van der Waals surface area (Å²) in [4.78, 5) is 13.1. The van der Waals surface area contributed by atoms with E-state index in [0.717, 1.165) is 49.1 Å². The molecule has 2 aromatic rings. The highest BCUT2D eigenvalue weighted by Crippen LogP contribution is 2.25. The third-order valence-electron chi connectivity index (χ3n) is 4.96. The van der Waals surface area contributed by atoms with E-state index in [0.29, 0.717) is 18.2 Å². The van der Waals surface area contributed by atoms with E-state index in [2.05, 4.69) is 42.5 Å². The van der Waals surface area contributed by atoms with Gasteiger partial charge in [-0.2, -0.15) is 0 Å². The SMILES string of the molecule is CN=C(NCc1cccc(OCCN(C)C)c1)NC1CCN(c2ncccc2Cl)C1. The van der Waals surface area contributed by atoms with Gasteiger partial charge in [0.05, 0.1) is 5.02 Å². The van der Waals surface area contributed by atoms with Gasteiger partial charge in [0.2, 0.25) is 0 Å². The van der Waals surface area contributed by atoms with Crippen LogP contribution in [0.3, 0.4) is 0 Å². The number of pyridine rings is 1. The summed E-state index contributed by atoms with van der Waals surface area (Å²) in [5.74, 6) is 2.52. The molecule has 1 aliphatic heterocycles. The minimum absolute atomic E-state index is 0.287. The van der Waals surface area contributed by atoms with E-state index in [1.165, 1.54) is 0 Å². The van der Waals surface area contributed by atoms with E-state index in [1.807, 2.05) is 38.4 Å². The molecular formula is C22H31ClN6O. The van der Waals surface area contributed by atoms with Crippen molar-refractivity contribution in [2.24, 2.45) is 4.99 Å². The highest BCUT2D eigenvalue weighted by molar-refractivity contribution is 6.32. The summed E-state index contributed by atoms with van der Waals surface area (Å²) in [6, 6.07) is 12.2. The Bertz CT molecular complexity index is 844. The van der Waals surface area contributed by atoms with Crippen molar-refractivity contribution < 1.29 is 4.74 Å². The van der Waals surface area contributed by atoms with E-state index in [-0.39, 0.29) is 6.04 Å². The number of ether oxygens (including phenoxy) is 1. The average molecular weight is 431 g/mol. The number of halogens is 1. The van der Waals surface area contributed by atoms with Crippen LogP contribution in [0, 0.1) is 0 Å². The van der Waals surface area contributed by atoms with Crippen molar-refractivity contribution in [3.63, 3.8) is 0 Å². The van der Waals surface area contributed by atoms with Crippen LogP contribution in [0.4, 0.5) is 5.82 Å². The monoisotopic (exact) mass is 430 g/mol. The van der Waals surface area contributed by atoms with E-state index < -0.39 is 0 Å². The maximum atomic E-state index is 6.29. The first-order chi connectivity index (χ1) is 14.5. The second kappa shape index (κ2) is 11.0. The van der Waals surface area contributed by atoms with Gasteiger partial charge >= 0.3 is 0 Å². The number of guanidine groups is 1. The first-order valence-corrected chi connectivity index (χ1v) is 10.6. The van der Waals surface area contributed by atoms with Gasteiger partial charge in [0.15, 0.2) is 5.96 Å². The van der Waals surface area contributed by atoms with Crippen LogP contribution in [0.25, 0.3) is 0 Å². The number of benzene rings is 1. The summed E-state index contributed by atoms with van der Waals surface area (Å²) in [5.41, 5.74) is 1.15. The number of hydrogen-bond acceptors (Lipinski definition) is 5. The molecule has 0 radical (unpaired) electrons. The van der Waals surface area contributed by atoms with Crippen molar-refractivity contribution in [2.45, 2.75) is 19.0 Å². The van der Waals surface area contributed by atoms with Crippen LogP contribution >= 0.6 is 11.6 Å². The Balaban J connectivity index is 1.48. The van der Waals surface area contributed by atoms with Gasteiger partial charge in [-0.25, -0.2) is 4.98 Å². The molecule has 0 amide bonds. The summed E-state index contributed by atoms with van der Waals surface area (Å²) in [6.45, 7) is 3.99. The molecule has 8 heteroatoms. The molecule has 7 nitrogen and oxygen atoms in total. The molecule has 30 heavy (non-hydrogen) atoms. The van der Waals surface area contributed by atoms with Crippen molar-refractivity contribution in [3.8, 4) is 5.75 Å². The molecule has 0 spiro atoms. The maximum absolute atomic E-state index is 6.29. The van der Waals surface area contributed by atoms with Crippen LogP contribution < -0.4 is 20.3 Å². The van der Waals surface area contributed by atoms with Gasteiger partial charge in [-0.15, -0.1) is 0 Å². The summed E-state index contributed by atoms with van der Waals surface area (Å²) in [7, 11) is 5.87. The summed E-state index contributed by atoms with van der Waals surface area (Å²) in [5, 5.41) is 7.59. The molecule has 2 N–H and O–H groups in total. The van der Waals surface area contributed by atoms with E-state index in [9.17, 15) is 0 Å². The van der Waals surface area contributed by atoms with Crippen LogP contribution in [0.5, 0.6) is 5.75 Å². The second-order valence-corrected chi connectivity index (χ2v) is 8.02. The van der Waals surface area contributed by atoms with Crippen LogP contribution in [-0.2, 0) is 6.54 Å². The molecule has 1 fully saturated rings. The lowest BCUT2D eigenvalue weighted by molar-refractivity contribution is 0.261. The van der Waals surface area contributed by atoms with Crippen molar-refractivity contribution in [3.05, 3.63) is 53.2 Å². The fraction of sp³-hybridized carbons (Fsp3) is 0.455. The third-order valence-corrected chi connectivity index (χ3v) is 5.25. The molecule has 0 aliphatic carbocycles. The quantitative estimate of drug-likeness (QED) is 0.495. The molecule has 162 valence electrons. The van der Waals surface area contributed by atoms with Gasteiger partial charge < -0.3 is 25.2 Å². The van der Waals surface area contributed by atoms with E-state index >= 15 is 0 Å². The number of aromatic nitrogens is 1. The standard InChI is InChI=1S/C22H31ClN6O/c1-24-22(26-15-17-6-4-7-19(14-17)30-13-12-28(2)3)27-18-9-11-29(16-18)21-20(23)8-5-10-25-21/h4-8,10,14,18H,9,11-13,15-16H2,1-3H3,(H2,24,26,27). The molecule has 0 saturated carbocycles. The lowest BCUT2D eigenvalue weighted by Gasteiger charge is -2.20. The smallest absolute Gasteiger partial charge is 0.191 e. The predicted molar refractivity (Wildman–Crippen MR) is 124 cm³/mol. The number of likely N-dealkylation sites (N-methyl/N-ethyl adjacent to an activating group) is 1. The van der Waals surface area contributed by atoms with Crippen molar-refractivity contribution in [1.29, 1.82) is 0 Å². The zero-order chi connectivity index (χ0) is 21.3. The van der Waals surface area contributed by atoms with Gasteiger partial charge in [-0.3, -0.25) is 4.99 Å². The Morgan fingerprint density at radius 2 is 2.20 bits per heavy atom. The molecule has 1 aliphatic rings. The minimum atomic E-state index is 0.287. The zero-order valence-corrected chi connectivity index (χ0v) is 18.7. The Hall–Kier alpha value is -2.51. The van der Waals surface area contributed by atoms with E-state index in [1.54, 1.807) is 13.2 Å². The van der Waals surface area contributed by atoms with Gasteiger partial charge in [0, 0.05) is 45.5 Å². The number of anilines is 1. The van der Waals surface area contributed by atoms with Gasteiger partial charge in [-0.05, 0) is 50.3 Å². The molecule has 1 aromatic heterocycles. The molecule has 1 atom stereocenters. The molecular weight excluding hydrogens is 400 g/mol. The Morgan fingerprint density at radius 3 is 2.97 bits per heavy atom. The number of nitrogens with one attached hydrogen (secondary N) is 2. The van der Waals surface area contributed by atoms with Gasteiger partial charge in [0.25, 0.3) is 0 Å². The largest absolute Gasteiger partial charge is 0.492 e. The Kier molecular flexibility index (Phi) is 8.16. The molecule has 1 saturated heterocycles. The molecule has 1 aromatic carbocycles. The number of aliphatic imine (C=N–C) groups is 1. The second-order valence-electron chi connectivity index (χ2n) is 7.61. The molecule has 0 bridgehead atoms. The molecule has 3 rings (SSSR count). The highest BCUT2D eigenvalue weighted by Gasteiger charge is 2.25. The number of rotatable bonds is 8. The fourth-order valence-corrected chi connectivity index (χ4v) is 3.59. The third kappa shape index (κ3) is 6.50. The van der Waals surface area contributed by atoms with Gasteiger partial charge in [0.1, 0.15) is 18.2 Å².